The molecule has 0 saturated carbocycles. The molecule has 0 radical (unpaired) electrons. The first kappa shape index (κ1) is 18.1. The molecule has 0 amide bonds. The predicted molar refractivity (Wildman–Crippen MR) is 80.2 cm³/mol. The van der Waals surface area contributed by atoms with Crippen molar-refractivity contribution in [3.63, 3.8) is 0 Å². The molecular weight excluding hydrogens is 314 g/mol. The maximum Gasteiger partial charge on any atom is 0.240 e. The first-order valence-electron chi connectivity index (χ1n) is 6.61. The second-order valence-electron chi connectivity index (χ2n) is 4.88. The van der Waals surface area contributed by atoms with Crippen molar-refractivity contribution >= 4 is 19.9 Å². The van der Waals surface area contributed by atoms with Crippen molar-refractivity contribution in [1.29, 1.82) is 0 Å². The van der Waals surface area contributed by atoms with Crippen LogP contribution in [0.3, 0.4) is 0 Å². The van der Waals surface area contributed by atoms with Crippen LogP contribution in [0.25, 0.3) is 0 Å². The fourth-order valence-electron chi connectivity index (χ4n) is 1.81. The van der Waals surface area contributed by atoms with E-state index in [0.717, 1.165) is 12.7 Å². The topological polar surface area (TPSA) is 101 Å². The van der Waals surface area contributed by atoms with E-state index in [4.69, 9.17) is 5.11 Å². The van der Waals surface area contributed by atoms with Crippen LogP contribution in [0.4, 0.5) is 0 Å². The van der Waals surface area contributed by atoms with Crippen LogP contribution in [0.2, 0.25) is 0 Å². The van der Waals surface area contributed by atoms with Crippen LogP contribution < -0.4 is 4.72 Å². The minimum atomic E-state index is -3.67. The smallest absolute Gasteiger partial charge is 0.240 e. The summed E-state index contributed by atoms with van der Waals surface area (Å²) in [6.07, 6.45) is 2.36. The fourth-order valence-corrected chi connectivity index (χ4v) is 3.56. The Bertz CT molecular complexity index is 650. The molecule has 1 aromatic rings. The highest BCUT2D eigenvalue weighted by Gasteiger charge is 2.17. The zero-order chi connectivity index (χ0) is 16.1. The molecule has 0 heterocycles. The Balaban J connectivity index is 2.84. The first-order valence-corrected chi connectivity index (χ1v) is 9.98. The number of sulfone groups is 1. The predicted octanol–water partition coefficient (Wildman–Crippen LogP) is 0.777. The zero-order valence-electron chi connectivity index (χ0n) is 12.1. The van der Waals surface area contributed by atoms with Crippen molar-refractivity contribution in [2.75, 3.05) is 19.4 Å². The number of aliphatic hydroxyl groups excluding tert-OH is 1. The van der Waals surface area contributed by atoms with Crippen molar-refractivity contribution in [2.45, 2.75) is 29.6 Å². The Hall–Kier alpha value is -0.960. The summed E-state index contributed by atoms with van der Waals surface area (Å²) in [6, 6.07) is 5.08. The maximum atomic E-state index is 12.1. The van der Waals surface area contributed by atoms with Gasteiger partial charge in [0.15, 0.2) is 9.84 Å². The molecule has 1 rings (SSSR count). The Morgan fingerprint density at radius 2 is 1.62 bits per heavy atom. The lowest BCUT2D eigenvalue weighted by atomic mass is 10.0. The molecule has 0 aliphatic carbocycles. The van der Waals surface area contributed by atoms with Crippen LogP contribution in [-0.2, 0) is 19.9 Å². The van der Waals surface area contributed by atoms with E-state index in [2.05, 4.69) is 4.72 Å². The second-order valence-corrected chi connectivity index (χ2v) is 8.66. The Morgan fingerprint density at radius 1 is 1.10 bits per heavy atom. The number of hydrogen-bond donors (Lipinski definition) is 2. The lowest BCUT2D eigenvalue weighted by Gasteiger charge is -2.14. The van der Waals surface area contributed by atoms with Crippen molar-refractivity contribution in [1.82, 2.24) is 4.72 Å². The van der Waals surface area contributed by atoms with Gasteiger partial charge in [0.2, 0.25) is 10.0 Å². The molecule has 6 nitrogen and oxygen atoms in total. The molecule has 120 valence electrons. The number of aliphatic hydroxyl groups is 1. The molecule has 0 aliphatic heterocycles. The van der Waals surface area contributed by atoms with Gasteiger partial charge in [-0.1, -0.05) is 13.3 Å². The quantitative estimate of drug-likeness (QED) is 0.731. The van der Waals surface area contributed by atoms with Gasteiger partial charge in [-0.25, -0.2) is 21.6 Å². The van der Waals surface area contributed by atoms with E-state index in [1.165, 1.54) is 24.3 Å². The average molecular weight is 335 g/mol. The van der Waals surface area contributed by atoms with Gasteiger partial charge in [0.05, 0.1) is 9.79 Å². The molecule has 2 N–H and O–H groups in total. The van der Waals surface area contributed by atoms with Crippen LogP contribution in [0.15, 0.2) is 34.1 Å². The first-order chi connectivity index (χ1) is 9.70. The highest BCUT2D eigenvalue weighted by atomic mass is 32.2. The van der Waals surface area contributed by atoms with E-state index in [1.54, 1.807) is 0 Å². The van der Waals surface area contributed by atoms with E-state index in [1.807, 2.05) is 6.92 Å². The summed E-state index contributed by atoms with van der Waals surface area (Å²) in [5.74, 6) is 0.0695. The van der Waals surface area contributed by atoms with Crippen molar-refractivity contribution in [2.24, 2.45) is 5.92 Å². The fraction of sp³-hybridized carbons (Fsp3) is 0.538. The van der Waals surface area contributed by atoms with Gasteiger partial charge in [-0.2, -0.15) is 0 Å². The Morgan fingerprint density at radius 3 is 2.05 bits per heavy atom. The highest BCUT2D eigenvalue weighted by molar-refractivity contribution is 7.90. The Labute approximate surface area is 126 Å². The summed E-state index contributed by atoms with van der Waals surface area (Å²) in [4.78, 5) is 0.0990. The lowest BCUT2D eigenvalue weighted by Crippen LogP contribution is -2.29. The molecule has 1 atom stereocenters. The molecule has 0 bridgehead atoms. The number of benzene rings is 1. The molecule has 21 heavy (non-hydrogen) atoms. The summed E-state index contributed by atoms with van der Waals surface area (Å²) in [7, 11) is -7.02. The van der Waals surface area contributed by atoms with Gasteiger partial charge >= 0.3 is 0 Å². The number of sulfonamides is 1. The van der Waals surface area contributed by atoms with Gasteiger partial charge < -0.3 is 5.11 Å². The van der Waals surface area contributed by atoms with Crippen molar-refractivity contribution < 1.29 is 21.9 Å². The molecule has 1 unspecified atom stereocenters. The van der Waals surface area contributed by atoms with Crippen molar-refractivity contribution in [3.8, 4) is 0 Å². The lowest BCUT2D eigenvalue weighted by molar-refractivity contribution is 0.254. The monoisotopic (exact) mass is 335 g/mol. The van der Waals surface area contributed by atoms with E-state index >= 15 is 0 Å². The highest BCUT2D eigenvalue weighted by Crippen LogP contribution is 2.15. The van der Waals surface area contributed by atoms with Gasteiger partial charge in [-0.05, 0) is 36.6 Å². The maximum absolute atomic E-state index is 12.1. The normalized spacial score (nSPS) is 14.0. The van der Waals surface area contributed by atoms with E-state index in [9.17, 15) is 16.8 Å². The number of rotatable bonds is 8. The van der Waals surface area contributed by atoms with Gasteiger partial charge in [0, 0.05) is 19.4 Å². The van der Waals surface area contributed by atoms with E-state index < -0.39 is 19.9 Å². The summed E-state index contributed by atoms with van der Waals surface area (Å²) in [6.45, 7) is 2.19. The number of hydrogen-bond acceptors (Lipinski definition) is 5. The average Bonchev–Trinajstić information content (AvgIpc) is 2.42. The second kappa shape index (κ2) is 7.35. The molecule has 0 aromatic heterocycles. The van der Waals surface area contributed by atoms with Crippen LogP contribution in [0.5, 0.6) is 0 Å². The summed E-state index contributed by atoms with van der Waals surface area (Å²) >= 11 is 0. The zero-order valence-corrected chi connectivity index (χ0v) is 13.7. The minimum Gasteiger partial charge on any atom is -0.396 e. The van der Waals surface area contributed by atoms with Crippen LogP contribution >= 0.6 is 0 Å². The summed E-state index contributed by atoms with van der Waals surface area (Å²) in [5.41, 5.74) is 0. The van der Waals surface area contributed by atoms with Crippen LogP contribution in [-0.4, -0.2) is 41.3 Å². The van der Waals surface area contributed by atoms with Gasteiger partial charge in [0.25, 0.3) is 0 Å². The SMILES string of the molecule is CCC(CCO)CNS(=O)(=O)c1ccc(S(C)(=O)=O)cc1. The molecular formula is C13H21NO5S2. The third-order valence-electron chi connectivity index (χ3n) is 3.24. The van der Waals surface area contributed by atoms with Crippen LogP contribution in [0.1, 0.15) is 19.8 Å². The van der Waals surface area contributed by atoms with Gasteiger partial charge in [-0.15, -0.1) is 0 Å². The number of nitrogens with one attached hydrogen (secondary N) is 1. The van der Waals surface area contributed by atoms with Gasteiger partial charge in [-0.3, -0.25) is 0 Å². The molecule has 8 heteroatoms. The third-order valence-corrected chi connectivity index (χ3v) is 5.81. The van der Waals surface area contributed by atoms with E-state index in [0.29, 0.717) is 6.42 Å². The summed E-state index contributed by atoms with van der Waals surface area (Å²) < 4.78 is 49.3. The van der Waals surface area contributed by atoms with Crippen LogP contribution in [0, 0.1) is 5.92 Å². The van der Waals surface area contributed by atoms with Gasteiger partial charge in [0.1, 0.15) is 0 Å². The standard InChI is InChI=1S/C13H21NO5S2/c1-3-11(8-9-15)10-14-21(18,19)13-6-4-12(5-7-13)20(2,16)17/h4-7,11,14-15H,3,8-10H2,1-2H3. The third kappa shape index (κ3) is 5.39. The Kier molecular flexibility index (Phi) is 6.33. The molecule has 1 aromatic carbocycles. The molecule has 0 aliphatic rings. The molecule has 0 fully saturated rings. The molecule has 0 saturated heterocycles. The van der Waals surface area contributed by atoms with E-state index in [-0.39, 0.29) is 28.9 Å². The summed E-state index contributed by atoms with van der Waals surface area (Å²) in [5, 5.41) is 8.89. The molecule has 0 spiro atoms. The minimum absolute atomic E-state index is 0.0172. The largest absolute Gasteiger partial charge is 0.396 e. The van der Waals surface area contributed by atoms with Crippen molar-refractivity contribution in [3.05, 3.63) is 24.3 Å².